The molecule has 10 heteroatoms. The minimum atomic E-state index is -3.67. The molecule has 3 aromatic rings. The fourth-order valence-electron chi connectivity index (χ4n) is 2.45. The molecule has 0 saturated carbocycles. The Morgan fingerprint density at radius 3 is 2.48 bits per heavy atom. The number of rotatable bonds is 5. The van der Waals surface area contributed by atoms with Crippen LogP contribution in [-0.2, 0) is 21.4 Å². The fraction of sp³-hybridized carbons (Fsp3) is 0.176. The number of oxazole rings is 1. The topological polar surface area (TPSA) is 102 Å². The van der Waals surface area contributed by atoms with E-state index < -0.39 is 21.7 Å². The molecule has 0 radical (unpaired) electrons. The van der Waals surface area contributed by atoms with Gasteiger partial charge in [0, 0.05) is 30.9 Å². The number of hydrogen-bond donors (Lipinski definition) is 1. The molecular weight excluding hydrogens is 394 g/mol. The van der Waals surface area contributed by atoms with Crippen LogP contribution in [0.15, 0.2) is 56.6 Å². The van der Waals surface area contributed by atoms with Crippen LogP contribution in [-0.4, -0.2) is 37.3 Å². The second-order valence-electron chi connectivity index (χ2n) is 5.93. The molecule has 0 aliphatic rings. The standard InChI is InChI=1S/C17H16ClN3O5S/c1-20(2)27(24,25)13-7-8-14-15(9-13)26-17(23)21(14)10-16(22)19-12-5-3-11(18)4-6-12/h3-9H,10H2,1-2H3,(H,19,22). The number of nitrogens with one attached hydrogen (secondary N) is 1. The van der Waals surface area contributed by atoms with Crippen LogP contribution >= 0.6 is 11.6 Å². The smallest absolute Gasteiger partial charge is 0.408 e. The zero-order valence-electron chi connectivity index (χ0n) is 14.5. The Kier molecular flexibility index (Phi) is 5.09. The van der Waals surface area contributed by atoms with Crippen LogP contribution in [0, 0.1) is 0 Å². The van der Waals surface area contributed by atoms with Gasteiger partial charge in [0.15, 0.2) is 5.58 Å². The number of halogens is 1. The van der Waals surface area contributed by atoms with Crippen LogP contribution in [0.2, 0.25) is 5.02 Å². The maximum atomic E-state index is 12.2. The normalized spacial score (nSPS) is 11.9. The molecule has 0 fully saturated rings. The van der Waals surface area contributed by atoms with Gasteiger partial charge in [0.25, 0.3) is 0 Å². The van der Waals surface area contributed by atoms with Gasteiger partial charge in [-0.3, -0.25) is 9.36 Å². The summed E-state index contributed by atoms with van der Waals surface area (Å²) in [7, 11) is -0.858. The summed E-state index contributed by atoms with van der Waals surface area (Å²) >= 11 is 5.80. The van der Waals surface area contributed by atoms with E-state index in [0.29, 0.717) is 16.2 Å². The molecule has 0 aliphatic heterocycles. The maximum Gasteiger partial charge on any atom is 0.420 e. The Morgan fingerprint density at radius 2 is 1.85 bits per heavy atom. The summed E-state index contributed by atoms with van der Waals surface area (Å²) in [6.45, 7) is -0.283. The third-order valence-corrected chi connectivity index (χ3v) is 5.91. The minimum Gasteiger partial charge on any atom is -0.408 e. The van der Waals surface area contributed by atoms with Crippen molar-refractivity contribution in [1.29, 1.82) is 0 Å². The zero-order chi connectivity index (χ0) is 19.8. The summed E-state index contributed by atoms with van der Waals surface area (Å²) in [6.07, 6.45) is 0. The lowest BCUT2D eigenvalue weighted by atomic mass is 10.3. The Labute approximate surface area is 160 Å². The van der Waals surface area contributed by atoms with E-state index in [-0.39, 0.29) is 17.0 Å². The molecule has 0 atom stereocenters. The molecule has 0 spiro atoms. The van der Waals surface area contributed by atoms with Crippen molar-refractivity contribution in [3.8, 4) is 0 Å². The number of carbonyl (C=O) groups is 1. The van der Waals surface area contributed by atoms with Crippen LogP contribution in [0.4, 0.5) is 5.69 Å². The minimum absolute atomic E-state index is 0.00786. The molecule has 0 unspecified atom stereocenters. The van der Waals surface area contributed by atoms with E-state index in [1.54, 1.807) is 24.3 Å². The monoisotopic (exact) mass is 409 g/mol. The molecule has 1 aromatic heterocycles. The highest BCUT2D eigenvalue weighted by Crippen LogP contribution is 2.20. The zero-order valence-corrected chi connectivity index (χ0v) is 16.0. The van der Waals surface area contributed by atoms with Gasteiger partial charge in [-0.1, -0.05) is 11.6 Å². The maximum absolute atomic E-state index is 12.2. The number of sulfonamides is 1. The number of anilines is 1. The van der Waals surface area contributed by atoms with Gasteiger partial charge >= 0.3 is 5.76 Å². The fourth-order valence-corrected chi connectivity index (χ4v) is 3.49. The van der Waals surface area contributed by atoms with Crippen molar-refractivity contribution in [2.75, 3.05) is 19.4 Å². The van der Waals surface area contributed by atoms with Crippen LogP contribution in [0.3, 0.4) is 0 Å². The van der Waals surface area contributed by atoms with Crippen LogP contribution in [0.25, 0.3) is 11.1 Å². The predicted octanol–water partition coefficient (Wildman–Crippen LogP) is 2.14. The number of aromatic nitrogens is 1. The first-order chi connectivity index (χ1) is 12.7. The molecule has 142 valence electrons. The summed E-state index contributed by atoms with van der Waals surface area (Å²) in [5, 5.41) is 3.18. The van der Waals surface area contributed by atoms with E-state index in [9.17, 15) is 18.0 Å². The van der Waals surface area contributed by atoms with E-state index >= 15 is 0 Å². The summed E-state index contributed by atoms with van der Waals surface area (Å²) in [6, 6.07) is 10.6. The van der Waals surface area contributed by atoms with Crippen LogP contribution < -0.4 is 11.1 Å². The highest BCUT2D eigenvalue weighted by molar-refractivity contribution is 7.89. The van der Waals surface area contributed by atoms with Crippen molar-refractivity contribution in [2.24, 2.45) is 0 Å². The van der Waals surface area contributed by atoms with Crippen molar-refractivity contribution >= 4 is 44.3 Å². The number of nitrogens with zero attached hydrogens (tertiary/aromatic N) is 2. The van der Waals surface area contributed by atoms with Gasteiger partial charge in [-0.15, -0.1) is 0 Å². The molecule has 3 rings (SSSR count). The van der Waals surface area contributed by atoms with Gasteiger partial charge in [-0.05, 0) is 36.4 Å². The summed E-state index contributed by atoms with van der Waals surface area (Å²) in [4.78, 5) is 24.3. The summed E-state index contributed by atoms with van der Waals surface area (Å²) in [5.74, 6) is -1.19. The molecule has 0 saturated heterocycles. The lowest BCUT2D eigenvalue weighted by molar-refractivity contribution is -0.116. The number of hydrogen-bond acceptors (Lipinski definition) is 5. The average Bonchev–Trinajstić information content (AvgIpc) is 2.91. The Bertz CT molecular complexity index is 1160. The van der Waals surface area contributed by atoms with Gasteiger partial charge in [0.2, 0.25) is 15.9 Å². The lowest BCUT2D eigenvalue weighted by Crippen LogP contribution is -2.24. The van der Waals surface area contributed by atoms with Gasteiger partial charge in [0.1, 0.15) is 6.54 Å². The van der Waals surface area contributed by atoms with Crippen molar-refractivity contribution in [3.05, 3.63) is 58.0 Å². The number of carbonyl (C=O) groups excluding carboxylic acids is 1. The first-order valence-corrected chi connectivity index (χ1v) is 9.61. The van der Waals surface area contributed by atoms with Crippen molar-refractivity contribution in [2.45, 2.75) is 11.4 Å². The molecule has 1 amide bonds. The first-order valence-electron chi connectivity index (χ1n) is 7.80. The van der Waals surface area contributed by atoms with Crippen molar-refractivity contribution < 1.29 is 17.6 Å². The predicted molar refractivity (Wildman–Crippen MR) is 101 cm³/mol. The van der Waals surface area contributed by atoms with E-state index in [2.05, 4.69) is 5.32 Å². The highest BCUT2D eigenvalue weighted by atomic mass is 35.5. The molecule has 0 bridgehead atoms. The number of fused-ring (bicyclic) bond motifs is 1. The average molecular weight is 410 g/mol. The SMILES string of the molecule is CN(C)S(=O)(=O)c1ccc2c(c1)oc(=O)n2CC(=O)Nc1ccc(Cl)cc1. The highest BCUT2D eigenvalue weighted by Gasteiger charge is 2.20. The largest absolute Gasteiger partial charge is 0.420 e. The third-order valence-electron chi connectivity index (χ3n) is 3.85. The van der Waals surface area contributed by atoms with E-state index in [0.717, 1.165) is 8.87 Å². The second kappa shape index (κ2) is 7.18. The molecular formula is C17H16ClN3O5S. The summed E-state index contributed by atoms with van der Waals surface area (Å²) in [5.41, 5.74) is 0.941. The molecule has 2 aromatic carbocycles. The van der Waals surface area contributed by atoms with E-state index in [1.165, 1.54) is 32.3 Å². The lowest BCUT2D eigenvalue weighted by Gasteiger charge is -2.11. The quantitative estimate of drug-likeness (QED) is 0.695. The Morgan fingerprint density at radius 1 is 1.19 bits per heavy atom. The Hall–Kier alpha value is -2.62. The Balaban J connectivity index is 1.89. The van der Waals surface area contributed by atoms with Gasteiger partial charge in [-0.25, -0.2) is 17.5 Å². The second-order valence-corrected chi connectivity index (χ2v) is 8.51. The van der Waals surface area contributed by atoms with Crippen molar-refractivity contribution in [3.63, 3.8) is 0 Å². The summed E-state index contributed by atoms with van der Waals surface area (Å²) < 4.78 is 31.7. The van der Waals surface area contributed by atoms with Gasteiger partial charge < -0.3 is 9.73 Å². The van der Waals surface area contributed by atoms with Gasteiger partial charge in [-0.2, -0.15) is 0 Å². The molecule has 0 aliphatic carbocycles. The van der Waals surface area contributed by atoms with E-state index in [4.69, 9.17) is 16.0 Å². The number of benzene rings is 2. The molecule has 8 nitrogen and oxygen atoms in total. The van der Waals surface area contributed by atoms with Crippen molar-refractivity contribution in [1.82, 2.24) is 8.87 Å². The molecule has 1 N–H and O–H groups in total. The molecule has 27 heavy (non-hydrogen) atoms. The van der Waals surface area contributed by atoms with Crippen LogP contribution in [0.5, 0.6) is 0 Å². The van der Waals surface area contributed by atoms with Crippen LogP contribution in [0.1, 0.15) is 0 Å². The first kappa shape index (κ1) is 19.2. The molecule has 1 heterocycles. The number of amides is 1. The third kappa shape index (κ3) is 3.90. The van der Waals surface area contributed by atoms with E-state index in [1.807, 2.05) is 0 Å². The van der Waals surface area contributed by atoms with Gasteiger partial charge in [0.05, 0.1) is 10.4 Å².